The Balaban J connectivity index is 2.15. The van der Waals surface area contributed by atoms with Crippen molar-refractivity contribution in [2.24, 2.45) is 0 Å². The van der Waals surface area contributed by atoms with Crippen molar-refractivity contribution < 1.29 is 9.47 Å². The lowest BCUT2D eigenvalue weighted by Gasteiger charge is -2.12. The average molecular weight is 416 g/mol. The summed E-state index contributed by atoms with van der Waals surface area (Å²) in [5, 5.41) is 4.35. The summed E-state index contributed by atoms with van der Waals surface area (Å²) in [6, 6.07) is 10.4. The van der Waals surface area contributed by atoms with Gasteiger partial charge in [-0.15, -0.1) is 0 Å². The first-order chi connectivity index (χ1) is 10.3. The molecule has 0 aliphatic carbocycles. The molecule has 21 heavy (non-hydrogen) atoms. The van der Waals surface area contributed by atoms with Gasteiger partial charge in [0.15, 0.2) is 0 Å². The van der Waals surface area contributed by atoms with Gasteiger partial charge in [-0.25, -0.2) is 0 Å². The van der Waals surface area contributed by atoms with E-state index in [9.17, 15) is 0 Å². The second-order valence-corrected chi connectivity index (χ2v) is 6.44. The molecule has 2 aromatic carbocycles. The molecule has 0 saturated heterocycles. The van der Waals surface area contributed by atoms with E-state index < -0.39 is 0 Å². The molecule has 2 nitrogen and oxygen atoms in total. The van der Waals surface area contributed by atoms with Gasteiger partial charge in [0, 0.05) is 10.7 Å². The third kappa shape index (κ3) is 4.62. The summed E-state index contributed by atoms with van der Waals surface area (Å²) >= 11 is 6.83. The average Bonchev–Trinajstić information content (AvgIpc) is 2.50. The van der Waals surface area contributed by atoms with Crippen LogP contribution in [0.1, 0.15) is 18.4 Å². The molecule has 2 aromatic rings. The molecular formula is C17H20Br2O2. The van der Waals surface area contributed by atoms with Crippen LogP contribution in [0.3, 0.4) is 0 Å². The number of ether oxygens (including phenoxy) is 2. The quantitative estimate of drug-likeness (QED) is 0.420. The van der Waals surface area contributed by atoms with Crippen LogP contribution in [-0.4, -0.2) is 23.9 Å². The van der Waals surface area contributed by atoms with Crippen LogP contribution in [0.25, 0.3) is 10.8 Å². The lowest BCUT2D eigenvalue weighted by molar-refractivity contribution is 0.317. The maximum atomic E-state index is 5.83. The number of hydrogen-bond acceptors (Lipinski definition) is 2. The van der Waals surface area contributed by atoms with E-state index in [2.05, 4.69) is 57.0 Å². The molecule has 0 radical (unpaired) electrons. The summed E-state index contributed by atoms with van der Waals surface area (Å²) in [4.78, 5) is 0. The molecule has 0 spiro atoms. The van der Waals surface area contributed by atoms with Crippen LogP contribution < -0.4 is 9.47 Å². The smallest absolute Gasteiger partial charge is 0.122 e. The van der Waals surface area contributed by atoms with Crippen molar-refractivity contribution in [1.82, 2.24) is 0 Å². The van der Waals surface area contributed by atoms with Gasteiger partial charge in [0.05, 0.1) is 13.2 Å². The van der Waals surface area contributed by atoms with Gasteiger partial charge in [-0.1, -0.05) is 44.0 Å². The molecule has 0 atom stereocenters. The number of aryl methyl sites for hydroxylation is 1. The zero-order valence-electron chi connectivity index (χ0n) is 12.2. The van der Waals surface area contributed by atoms with Crippen LogP contribution in [0.5, 0.6) is 11.5 Å². The molecule has 0 aliphatic heterocycles. The molecule has 114 valence electrons. The highest BCUT2D eigenvalue weighted by Crippen LogP contribution is 2.30. The molecule has 0 aromatic heterocycles. The zero-order valence-corrected chi connectivity index (χ0v) is 15.4. The van der Waals surface area contributed by atoms with Gasteiger partial charge in [0.2, 0.25) is 0 Å². The summed E-state index contributed by atoms with van der Waals surface area (Å²) in [5.41, 5.74) is 1.19. The second-order valence-electron chi connectivity index (χ2n) is 4.85. The van der Waals surface area contributed by atoms with Crippen molar-refractivity contribution in [3.63, 3.8) is 0 Å². The highest BCUT2D eigenvalue weighted by Gasteiger charge is 2.06. The number of hydrogen-bond donors (Lipinski definition) is 0. The van der Waals surface area contributed by atoms with Gasteiger partial charge in [0.1, 0.15) is 11.5 Å². The van der Waals surface area contributed by atoms with Crippen molar-refractivity contribution in [1.29, 1.82) is 0 Å². The Kier molecular flexibility index (Phi) is 6.84. The fourth-order valence-electron chi connectivity index (χ4n) is 2.17. The standard InChI is InChI=1S/C17H20Br2O2/c1-13-16-6-5-15(20-10-2-8-18)12-14(16)4-7-17(13)21-11-3-9-19/h4-7,12H,2-3,8-11H2,1H3. The number of rotatable bonds is 8. The molecule has 0 bridgehead atoms. The summed E-state index contributed by atoms with van der Waals surface area (Å²) in [5.74, 6) is 1.90. The summed E-state index contributed by atoms with van der Waals surface area (Å²) in [6.07, 6.45) is 2.02. The molecule has 0 unspecified atom stereocenters. The van der Waals surface area contributed by atoms with E-state index in [0.717, 1.165) is 48.2 Å². The Morgan fingerprint density at radius 1 is 0.905 bits per heavy atom. The maximum absolute atomic E-state index is 5.83. The van der Waals surface area contributed by atoms with Crippen molar-refractivity contribution in [2.75, 3.05) is 23.9 Å². The summed E-state index contributed by atoms with van der Waals surface area (Å²) in [7, 11) is 0. The molecule has 0 fully saturated rings. The Labute approximate surface area is 143 Å². The molecule has 4 heteroatoms. The molecule has 2 rings (SSSR count). The normalized spacial score (nSPS) is 10.8. The second kappa shape index (κ2) is 8.64. The minimum absolute atomic E-state index is 0.740. The number of halogens is 2. The number of fused-ring (bicyclic) bond motifs is 1. The minimum atomic E-state index is 0.740. The topological polar surface area (TPSA) is 18.5 Å². The van der Waals surface area contributed by atoms with Crippen LogP contribution in [0, 0.1) is 6.92 Å². The minimum Gasteiger partial charge on any atom is -0.494 e. The highest BCUT2D eigenvalue weighted by atomic mass is 79.9. The molecular weight excluding hydrogens is 396 g/mol. The third-order valence-electron chi connectivity index (χ3n) is 3.29. The Bertz CT molecular complexity index is 584. The van der Waals surface area contributed by atoms with E-state index in [1.165, 1.54) is 16.3 Å². The Morgan fingerprint density at radius 3 is 2.33 bits per heavy atom. The predicted molar refractivity (Wildman–Crippen MR) is 96.5 cm³/mol. The molecule has 0 N–H and O–H groups in total. The van der Waals surface area contributed by atoms with E-state index in [1.807, 2.05) is 12.1 Å². The first-order valence-corrected chi connectivity index (χ1v) is 9.41. The maximum Gasteiger partial charge on any atom is 0.122 e. The SMILES string of the molecule is Cc1c(OCCCBr)ccc2cc(OCCCBr)ccc12. The summed E-state index contributed by atoms with van der Waals surface area (Å²) in [6.45, 7) is 3.59. The fourth-order valence-corrected chi connectivity index (χ4v) is 2.63. The Hall–Kier alpha value is -0.740. The van der Waals surface area contributed by atoms with Crippen LogP contribution in [-0.2, 0) is 0 Å². The first-order valence-electron chi connectivity index (χ1n) is 7.17. The Morgan fingerprint density at radius 2 is 1.62 bits per heavy atom. The van der Waals surface area contributed by atoms with Crippen molar-refractivity contribution in [3.05, 3.63) is 35.9 Å². The molecule has 0 saturated carbocycles. The van der Waals surface area contributed by atoms with Gasteiger partial charge < -0.3 is 9.47 Å². The fraction of sp³-hybridized carbons (Fsp3) is 0.412. The van der Waals surface area contributed by atoms with Gasteiger partial charge in [-0.3, -0.25) is 0 Å². The highest BCUT2D eigenvalue weighted by molar-refractivity contribution is 9.09. The van der Waals surface area contributed by atoms with Gasteiger partial charge in [0.25, 0.3) is 0 Å². The molecule has 0 heterocycles. The van der Waals surface area contributed by atoms with Crippen LogP contribution in [0.4, 0.5) is 0 Å². The van der Waals surface area contributed by atoms with Gasteiger partial charge in [-0.2, -0.15) is 0 Å². The molecule has 0 amide bonds. The van der Waals surface area contributed by atoms with Crippen molar-refractivity contribution in [3.8, 4) is 11.5 Å². The lowest BCUT2D eigenvalue weighted by atomic mass is 10.0. The predicted octanol–water partition coefficient (Wildman–Crippen LogP) is 5.48. The van der Waals surface area contributed by atoms with Crippen molar-refractivity contribution in [2.45, 2.75) is 19.8 Å². The third-order valence-corrected chi connectivity index (χ3v) is 4.41. The number of alkyl halides is 2. The van der Waals surface area contributed by atoms with E-state index in [-0.39, 0.29) is 0 Å². The van der Waals surface area contributed by atoms with E-state index in [4.69, 9.17) is 9.47 Å². The zero-order chi connectivity index (χ0) is 15.1. The van der Waals surface area contributed by atoms with Crippen LogP contribution in [0.15, 0.2) is 30.3 Å². The largest absolute Gasteiger partial charge is 0.494 e. The van der Waals surface area contributed by atoms with Crippen LogP contribution in [0.2, 0.25) is 0 Å². The molecule has 0 aliphatic rings. The van der Waals surface area contributed by atoms with Gasteiger partial charge in [-0.05, 0) is 54.3 Å². The van der Waals surface area contributed by atoms with E-state index >= 15 is 0 Å². The van der Waals surface area contributed by atoms with E-state index in [1.54, 1.807) is 0 Å². The van der Waals surface area contributed by atoms with Crippen molar-refractivity contribution >= 4 is 42.6 Å². The first kappa shape index (κ1) is 16.6. The lowest BCUT2D eigenvalue weighted by Crippen LogP contribution is -2.00. The van der Waals surface area contributed by atoms with E-state index in [0.29, 0.717) is 0 Å². The van der Waals surface area contributed by atoms with Crippen LogP contribution >= 0.6 is 31.9 Å². The summed E-state index contributed by atoms with van der Waals surface area (Å²) < 4.78 is 11.6. The number of benzene rings is 2. The van der Waals surface area contributed by atoms with Gasteiger partial charge >= 0.3 is 0 Å². The monoisotopic (exact) mass is 414 g/mol.